The fraction of sp³-hybridized carbons (Fsp3) is 0.667. The number of nitrogens with two attached hydrogens (primary N) is 1. The lowest BCUT2D eigenvalue weighted by molar-refractivity contribution is 0.0752. The van der Waals surface area contributed by atoms with E-state index < -0.39 is 19.4 Å². The first-order chi connectivity index (χ1) is 10.7. The number of hydrogen-bond acceptors (Lipinski definition) is 5. The van der Waals surface area contributed by atoms with Crippen LogP contribution in [-0.4, -0.2) is 37.0 Å². The lowest BCUT2D eigenvalue weighted by atomic mass is 10.3. The number of carbonyl (C=O) groups is 1. The van der Waals surface area contributed by atoms with Crippen molar-refractivity contribution in [2.75, 3.05) is 13.2 Å². The van der Waals surface area contributed by atoms with Gasteiger partial charge in [0, 0.05) is 14.7 Å². The number of hydrogen-bond donors (Lipinski definition) is 1. The molecule has 1 heterocycles. The van der Waals surface area contributed by atoms with E-state index in [1.54, 1.807) is 0 Å². The van der Waals surface area contributed by atoms with Crippen LogP contribution in [0.1, 0.15) is 30.3 Å². The molecule has 0 saturated carbocycles. The highest BCUT2D eigenvalue weighted by atomic mass is 28.3. The van der Waals surface area contributed by atoms with Crippen molar-refractivity contribution in [3.63, 3.8) is 0 Å². The molecule has 7 nitrogen and oxygen atoms in total. The highest BCUT2D eigenvalue weighted by Gasteiger charge is 2.16. The molecule has 0 radical (unpaired) electrons. The Morgan fingerprint density at radius 2 is 2.04 bits per heavy atom. The second-order valence-electron chi connectivity index (χ2n) is 6.62. The van der Waals surface area contributed by atoms with E-state index in [4.69, 9.17) is 15.2 Å². The van der Waals surface area contributed by atoms with E-state index in [2.05, 4.69) is 24.7 Å². The number of aromatic nitrogens is 2. The minimum Gasteiger partial charge on any atom is -0.488 e. The fourth-order valence-corrected chi connectivity index (χ4v) is 2.46. The molecule has 0 atom stereocenters. The standard InChI is InChI=1S/C15H27N3O4Si/c1-5-6-7-22-12-10-18(11-21-8-9-23(2,3)4)17-13(14(12)19)15(16)20/h10H,5-9,11H2,1-4H3,(H2,16,20). The van der Waals surface area contributed by atoms with Crippen LogP contribution in [0.2, 0.25) is 25.7 Å². The number of rotatable bonds is 10. The minimum atomic E-state index is -1.17. The molecule has 0 aliphatic carbocycles. The molecule has 0 unspecified atom stereocenters. The molecule has 1 aromatic heterocycles. The van der Waals surface area contributed by atoms with Gasteiger partial charge in [0.15, 0.2) is 11.4 Å². The molecule has 1 amide bonds. The van der Waals surface area contributed by atoms with Gasteiger partial charge in [-0.05, 0) is 12.5 Å². The summed E-state index contributed by atoms with van der Waals surface area (Å²) in [5, 5.41) is 3.93. The molecule has 0 aromatic carbocycles. The fourth-order valence-electron chi connectivity index (χ4n) is 1.71. The number of primary amides is 1. The van der Waals surface area contributed by atoms with E-state index in [0.717, 1.165) is 18.9 Å². The zero-order valence-corrected chi connectivity index (χ0v) is 15.4. The van der Waals surface area contributed by atoms with Crippen molar-refractivity contribution in [2.45, 2.75) is 52.2 Å². The van der Waals surface area contributed by atoms with Gasteiger partial charge in [-0.3, -0.25) is 9.59 Å². The topological polar surface area (TPSA) is 96.4 Å². The van der Waals surface area contributed by atoms with Gasteiger partial charge in [0.25, 0.3) is 11.3 Å². The highest BCUT2D eigenvalue weighted by Crippen LogP contribution is 2.09. The summed E-state index contributed by atoms with van der Waals surface area (Å²) < 4.78 is 12.4. The van der Waals surface area contributed by atoms with E-state index in [0.29, 0.717) is 13.2 Å². The SMILES string of the molecule is CCCCOc1cn(COCC[Si](C)(C)C)nc(C(N)=O)c1=O. The lowest BCUT2D eigenvalue weighted by Gasteiger charge is -2.16. The lowest BCUT2D eigenvalue weighted by Crippen LogP contribution is -2.29. The second kappa shape index (κ2) is 8.83. The van der Waals surface area contributed by atoms with E-state index in [9.17, 15) is 9.59 Å². The molecular weight excluding hydrogens is 314 g/mol. The molecule has 130 valence electrons. The van der Waals surface area contributed by atoms with Crippen LogP contribution >= 0.6 is 0 Å². The number of carbonyl (C=O) groups excluding carboxylic acids is 1. The molecule has 0 spiro atoms. The molecular formula is C15H27N3O4Si. The Labute approximate surface area is 137 Å². The number of ether oxygens (including phenoxy) is 2. The predicted octanol–water partition coefficient (Wildman–Crippen LogP) is 1.83. The Morgan fingerprint density at radius 3 is 2.61 bits per heavy atom. The first-order valence-corrected chi connectivity index (χ1v) is 11.6. The van der Waals surface area contributed by atoms with Gasteiger partial charge < -0.3 is 15.2 Å². The zero-order valence-electron chi connectivity index (χ0n) is 14.4. The van der Waals surface area contributed by atoms with Crippen molar-refractivity contribution >= 4 is 14.0 Å². The Hall–Kier alpha value is -1.67. The highest BCUT2D eigenvalue weighted by molar-refractivity contribution is 6.76. The van der Waals surface area contributed by atoms with Crippen LogP contribution in [0.25, 0.3) is 0 Å². The third kappa shape index (κ3) is 6.96. The summed E-state index contributed by atoms with van der Waals surface area (Å²) in [6.07, 6.45) is 3.22. The molecule has 23 heavy (non-hydrogen) atoms. The summed E-state index contributed by atoms with van der Waals surface area (Å²) in [5.74, 6) is -0.789. The molecule has 0 aliphatic heterocycles. The van der Waals surface area contributed by atoms with Gasteiger partial charge in [-0.15, -0.1) is 0 Å². The van der Waals surface area contributed by atoms with Gasteiger partial charge in [0.2, 0.25) is 0 Å². The van der Waals surface area contributed by atoms with Gasteiger partial charge in [0.1, 0.15) is 6.73 Å². The quantitative estimate of drug-likeness (QED) is 0.517. The van der Waals surface area contributed by atoms with Crippen molar-refractivity contribution in [2.24, 2.45) is 5.73 Å². The van der Waals surface area contributed by atoms with Crippen molar-refractivity contribution in [3.05, 3.63) is 22.1 Å². The van der Waals surface area contributed by atoms with E-state index in [-0.39, 0.29) is 18.2 Å². The third-order valence-electron chi connectivity index (χ3n) is 3.14. The summed E-state index contributed by atoms with van der Waals surface area (Å²) in [4.78, 5) is 23.5. The van der Waals surface area contributed by atoms with Gasteiger partial charge in [-0.1, -0.05) is 33.0 Å². The van der Waals surface area contributed by atoms with Crippen molar-refractivity contribution in [3.8, 4) is 5.75 Å². The molecule has 0 bridgehead atoms. The molecule has 8 heteroatoms. The molecule has 2 N–H and O–H groups in total. The van der Waals surface area contributed by atoms with E-state index >= 15 is 0 Å². The summed E-state index contributed by atoms with van der Waals surface area (Å²) in [6.45, 7) is 9.98. The van der Waals surface area contributed by atoms with Crippen LogP contribution in [0.3, 0.4) is 0 Å². The van der Waals surface area contributed by atoms with Crippen LogP contribution in [0.15, 0.2) is 11.0 Å². The largest absolute Gasteiger partial charge is 0.488 e. The van der Waals surface area contributed by atoms with Crippen LogP contribution in [-0.2, 0) is 11.5 Å². The average molecular weight is 341 g/mol. The molecule has 0 aliphatic rings. The van der Waals surface area contributed by atoms with E-state index in [1.807, 2.05) is 6.92 Å². The van der Waals surface area contributed by atoms with Crippen molar-refractivity contribution in [1.29, 1.82) is 0 Å². The average Bonchev–Trinajstić information content (AvgIpc) is 2.45. The van der Waals surface area contributed by atoms with E-state index in [1.165, 1.54) is 10.9 Å². The minimum absolute atomic E-state index is 0.0797. The molecule has 0 fully saturated rings. The zero-order chi connectivity index (χ0) is 17.5. The summed E-state index contributed by atoms with van der Waals surface area (Å²) in [5.41, 5.74) is 4.31. The first kappa shape index (κ1) is 19.4. The Kier molecular flexibility index (Phi) is 7.44. The maximum Gasteiger partial charge on any atom is 0.273 e. The van der Waals surface area contributed by atoms with Gasteiger partial charge in [0.05, 0.1) is 12.8 Å². The number of unbranched alkanes of at least 4 members (excludes halogenated alkanes) is 1. The molecule has 1 aromatic rings. The Morgan fingerprint density at radius 1 is 1.35 bits per heavy atom. The van der Waals surface area contributed by atoms with Gasteiger partial charge >= 0.3 is 0 Å². The Bertz CT molecular complexity index is 581. The van der Waals surface area contributed by atoms with Crippen LogP contribution < -0.4 is 15.9 Å². The Balaban J connectivity index is 2.81. The van der Waals surface area contributed by atoms with Crippen LogP contribution in [0.5, 0.6) is 5.75 Å². The van der Waals surface area contributed by atoms with Crippen molar-refractivity contribution in [1.82, 2.24) is 9.78 Å². The number of nitrogens with zero attached hydrogens (tertiary/aromatic N) is 2. The maximum atomic E-state index is 12.1. The second-order valence-corrected chi connectivity index (χ2v) is 12.2. The predicted molar refractivity (Wildman–Crippen MR) is 91.5 cm³/mol. The molecule has 1 rings (SSSR count). The summed E-state index contributed by atoms with van der Waals surface area (Å²) >= 11 is 0. The van der Waals surface area contributed by atoms with Gasteiger partial charge in [-0.2, -0.15) is 5.10 Å². The smallest absolute Gasteiger partial charge is 0.273 e. The van der Waals surface area contributed by atoms with Crippen LogP contribution in [0, 0.1) is 0 Å². The summed E-state index contributed by atoms with van der Waals surface area (Å²) in [6, 6.07) is 1.02. The maximum absolute atomic E-state index is 12.1. The van der Waals surface area contributed by atoms with Gasteiger partial charge in [-0.25, -0.2) is 4.68 Å². The third-order valence-corrected chi connectivity index (χ3v) is 4.85. The summed E-state index contributed by atoms with van der Waals surface area (Å²) in [7, 11) is -1.17. The van der Waals surface area contributed by atoms with Crippen molar-refractivity contribution < 1.29 is 14.3 Å². The van der Waals surface area contributed by atoms with Crippen LogP contribution in [0.4, 0.5) is 0 Å². The number of amides is 1. The normalized spacial score (nSPS) is 11.5. The molecule has 0 saturated heterocycles. The first-order valence-electron chi connectivity index (χ1n) is 7.86. The monoisotopic (exact) mass is 341 g/mol.